The van der Waals surface area contributed by atoms with Gasteiger partial charge in [-0.05, 0) is 6.42 Å². The van der Waals surface area contributed by atoms with Gasteiger partial charge in [-0.25, -0.2) is 4.21 Å². The van der Waals surface area contributed by atoms with Crippen molar-refractivity contribution in [1.82, 2.24) is 0 Å². The van der Waals surface area contributed by atoms with Gasteiger partial charge in [-0.15, -0.1) is 0 Å². The van der Waals surface area contributed by atoms with Crippen LogP contribution in [0.4, 0.5) is 0 Å². The van der Waals surface area contributed by atoms with Crippen molar-refractivity contribution in [3.05, 3.63) is 11.5 Å². The second-order valence-corrected chi connectivity index (χ2v) is 1.88. The minimum absolute atomic E-state index is 0.812. The van der Waals surface area contributed by atoms with Gasteiger partial charge < -0.3 is 4.55 Å². The zero-order chi connectivity index (χ0) is 5.70. The van der Waals surface area contributed by atoms with Crippen LogP contribution >= 0.6 is 0 Å². The lowest BCUT2D eigenvalue weighted by atomic mass is 10.5. The maximum absolute atomic E-state index is 9.78. The maximum atomic E-state index is 9.78. The van der Waals surface area contributed by atoms with Gasteiger partial charge in [0.2, 0.25) is 0 Å². The van der Waals surface area contributed by atoms with Crippen LogP contribution in [0.5, 0.6) is 0 Å². The molecule has 0 spiro atoms. The Bertz CT molecular complexity index is 87.7. The highest BCUT2D eigenvalue weighted by molar-refractivity contribution is 7.82. The van der Waals surface area contributed by atoms with Crippen molar-refractivity contribution in [2.45, 2.75) is 13.3 Å². The van der Waals surface area contributed by atoms with Gasteiger partial charge in [-0.3, -0.25) is 0 Å². The van der Waals surface area contributed by atoms with E-state index in [9.17, 15) is 4.21 Å². The molecule has 7 heavy (non-hydrogen) atoms. The van der Waals surface area contributed by atoms with E-state index in [0.717, 1.165) is 6.42 Å². The molecule has 0 fully saturated rings. The van der Waals surface area contributed by atoms with Gasteiger partial charge in [0.15, 0.2) is 11.1 Å². The van der Waals surface area contributed by atoms with Crippen LogP contribution in [0.1, 0.15) is 13.3 Å². The van der Waals surface area contributed by atoms with E-state index < -0.39 is 11.1 Å². The Balaban J connectivity index is 3.26. The molecule has 0 radical (unpaired) electrons. The van der Waals surface area contributed by atoms with Gasteiger partial charge in [0.1, 0.15) is 0 Å². The number of allylic oxidation sites excluding steroid dienone is 1. The van der Waals surface area contributed by atoms with E-state index in [1.165, 1.54) is 5.41 Å². The van der Waals surface area contributed by atoms with Crippen molar-refractivity contribution in [2.75, 3.05) is 0 Å². The third kappa shape index (κ3) is 5.85. The van der Waals surface area contributed by atoms with Crippen LogP contribution in [0.2, 0.25) is 0 Å². The first kappa shape index (κ1) is 6.85. The molecule has 0 bridgehead atoms. The van der Waals surface area contributed by atoms with Crippen molar-refractivity contribution in [3.8, 4) is 0 Å². The lowest BCUT2D eigenvalue weighted by Gasteiger charge is -1.74. The topological polar surface area (TPSA) is 37.3 Å². The molecule has 0 aliphatic heterocycles. The summed E-state index contributed by atoms with van der Waals surface area (Å²) in [7, 11) is 0. The molecule has 42 valence electrons. The van der Waals surface area contributed by atoms with Crippen LogP contribution in [0.25, 0.3) is 0 Å². The Morgan fingerprint density at radius 2 is 2.43 bits per heavy atom. The first-order valence-corrected chi connectivity index (χ1v) is 3.20. The highest BCUT2D eigenvalue weighted by Crippen LogP contribution is 1.80. The second-order valence-electron chi connectivity index (χ2n) is 1.06. The van der Waals surface area contributed by atoms with Crippen molar-refractivity contribution in [1.29, 1.82) is 0 Å². The maximum Gasteiger partial charge on any atom is 0.178 e. The average molecular weight is 120 g/mol. The second kappa shape index (κ2) is 4.02. The van der Waals surface area contributed by atoms with Crippen molar-refractivity contribution >= 4 is 11.1 Å². The molecule has 0 rings (SSSR count). The number of rotatable bonds is 2. The molecule has 3 heteroatoms. The fraction of sp³-hybridized carbons (Fsp3) is 0.500. The van der Waals surface area contributed by atoms with E-state index in [4.69, 9.17) is 4.55 Å². The van der Waals surface area contributed by atoms with Crippen LogP contribution in [0.15, 0.2) is 11.5 Å². The molecule has 0 saturated heterocycles. The Labute approximate surface area is 45.5 Å². The first-order valence-electron chi connectivity index (χ1n) is 2.03. The van der Waals surface area contributed by atoms with Gasteiger partial charge in [-0.2, -0.15) is 0 Å². The summed E-state index contributed by atoms with van der Waals surface area (Å²) in [4.78, 5) is 0. The zero-order valence-electron chi connectivity index (χ0n) is 4.13. The molecular formula is C4H8O2S. The Hall–Kier alpha value is -0.150. The molecule has 1 N–H and O–H groups in total. The summed E-state index contributed by atoms with van der Waals surface area (Å²) < 4.78 is 17.9. The van der Waals surface area contributed by atoms with E-state index in [1.807, 2.05) is 6.92 Å². The summed E-state index contributed by atoms with van der Waals surface area (Å²) >= 11 is -1.75. The molecule has 1 unspecified atom stereocenters. The third-order valence-electron chi connectivity index (χ3n) is 0.448. The fourth-order valence-electron chi connectivity index (χ4n) is 0.179. The largest absolute Gasteiger partial charge is 0.303 e. The quantitative estimate of drug-likeness (QED) is 0.555. The number of hydrogen-bond acceptors (Lipinski definition) is 1. The molecule has 0 heterocycles. The Kier molecular flexibility index (Phi) is 3.93. The van der Waals surface area contributed by atoms with Crippen LogP contribution in [-0.2, 0) is 11.1 Å². The van der Waals surface area contributed by atoms with Gasteiger partial charge in [-0.1, -0.05) is 13.0 Å². The first-order chi connectivity index (χ1) is 3.27. The molecule has 0 aromatic rings. The van der Waals surface area contributed by atoms with E-state index in [-0.39, 0.29) is 0 Å². The van der Waals surface area contributed by atoms with Crippen LogP contribution < -0.4 is 0 Å². The Morgan fingerprint density at radius 1 is 1.86 bits per heavy atom. The molecule has 0 aliphatic rings. The average Bonchev–Trinajstić information content (AvgIpc) is 1.61. The predicted octanol–water partition coefficient (Wildman–Crippen LogP) is 1.13. The summed E-state index contributed by atoms with van der Waals surface area (Å²) in [5.74, 6) is 0. The molecule has 0 amide bonds. The van der Waals surface area contributed by atoms with Crippen molar-refractivity contribution in [3.63, 3.8) is 0 Å². The number of hydrogen-bond donors (Lipinski definition) is 1. The van der Waals surface area contributed by atoms with Crippen molar-refractivity contribution in [2.24, 2.45) is 0 Å². The SMILES string of the molecule is CC/C=C/S(=O)O. The highest BCUT2D eigenvalue weighted by Gasteiger charge is 1.75. The summed E-state index contributed by atoms with van der Waals surface area (Å²) in [5, 5.41) is 1.25. The van der Waals surface area contributed by atoms with Gasteiger partial charge in [0, 0.05) is 5.41 Å². The minimum Gasteiger partial charge on any atom is -0.303 e. The summed E-state index contributed by atoms with van der Waals surface area (Å²) in [6, 6.07) is 0. The molecular weight excluding hydrogens is 112 g/mol. The van der Waals surface area contributed by atoms with E-state index >= 15 is 0 Å². The smallest absolute Gasteiger partial charge is 0.178 e. The van der Waals surface area contributed by atoms with Gasteiger partial charge in [0.05, 0.1) is 0 Å². The summed E-state index contributed by atoms with van der Waals surface area (Å²) in [5.41, 5.74) is 0. The van der Waals surface area contributed by atoms with Gasteiger partial charge >= 0.3 is 0 Å². The monoisotopic (exact) mass is 120 g/mol. The van der Waals surface area contributed by atoms with Crippen LogP contribution in [0.3, 0.4) is 0 Å². The lowest BCUT2D eigenvalue weighted by molar-refractivity contribution is 0.574. The van der Waals surface area contributed by atoms with Crippen LogP contribution in [-0.4, -0.2) is 8.76 Å². The van der Waals surface area contributed by atoms with Crippen molar-refractivity contribution < 1.29 is 8.76 Å². The molecule has 0 aromatic heterocycles. The highest BCUT2D eigenvalue weighted by atomic mass is 32.2. The van der Waals surface area contributed by atoms with E-state index in [1.54, 1.807) is 6.08 Å². The molecule has 0 saturated carbocycles. The molecule has 2 nitrogen and oxygen atoms in total. The summed E-state index contributed by atoms with van der Waals surface area (Å²) in [6.45, 7) is 1.91. The van der Waals surface area contributed by atoms with E-state index in [0.29, 0.717) is 0 Å². The lowest BCUT2D eigenvalue weighted by Crippen LogP contribution is -1.74. The molecule has 0 aliphatic carbocycles. The fourth-order valence-corrected chi connectivity index (χ4v) is 0.536. The summed E-state index contributed by atoms with van der Waals surface area (Å²) in [6.07, 6.45) is 2.46. The molecule has 1 atom stereocenters. The predicted molar refractivity (Wildman–Crippen MR) is 30.2 cm³/mol. The standard InChI is InChI=1S/C4H8O2S/c1-2-3-4-7(5)6/h3-4H,2H2,1H3,(H,5,6)/b4-3+. The van der Waals surface area contributed by atoms with E-state index in [2.05, 4.69) is 0 Å². The zero-order valence-corrected chi connectivity index (χ0v) is 4.94. The molecule has 0 aromatic carbocycles. The van der Waals surface area contributed by atoms with Gasteiger partial charge in [0.25, 0.3) is 0 Å². The minimum atomic E-state index is -1.75. The normalized spacial score (nSPS) is 15.1. The Morgan fingerprint density at radius 3 is 2.57 bits per heavy atom. The third-order valence-corrected chi connectivity index (χ3v) is 0.874. The van der Waals surface area contributed by atoms with Crippen LogP contribution in [0, 0.1) is 0 Å².